The number of likely N-dealkylation sites (tertiary alicyclic amines) is 1. The van der Waals surface area contributed by atoms with Gasteiger partial charge in [-0.05, 0) is 19.3 Å². The highest BCUT2D eigenvalue weighted by Crippen LogP contribution is 2.17. The molecule has 0 bridgehead atoms. The first-order chi connectivity index (χ1) is 12.3. The van der Waals surface area contributed by atoms with Crippen molar-refractivity contribution in [2.24, 2.45) is 0 Å². The number of unbranched alkanes of at least 4 members (excludes halogenated alkanes) is 14. The number of carbonyl (C=O) groups is 1. The zero-order valence-electron chi connectivity index (χ0n) is 16.8. The number of nitrogens with zero attached hydrogens (tertiary/aromatic N) is 1. The maximum Gasteiger partial charge on any atom is 0.224 e. The fraction of sp³-hybridized carbons (Fsp3) is 0.955. The summed E-state index contributed by atoms with van der Waals surface area (Å²) >= 11 is 0. The van der Waals surface area contributed by atoms with Crippen molar-refractivity contribution >= 4 is 5.91 Å². The summed E-state index contributed by atoms with van der Waals surface area (Å²) in [5.41, 5.74) is 0. The van der Waals surface area contributed by atoms with Gasteiger partial charge >= 0.3 is 0 Å². The van der Waals surface area contributed by atoms with Crippen LogP contribution in [0.1, 0.15) is 122 Å². The second kappa shape index (κ2) is 15.7. The third-order valence-corrected chi connectivity index (χ3v) is 5.54. The summed E-state index contributed by atoms with van der Waals surface area (Å²) in [7, 11) is 0. The molecule has 0 aromatic heterocycles. The molecule has 3 heteroatoms. The molecule has 0 spiro atoms. The smallest absolute Gasteiger partial charge is 0.224 e. The van der Waals surface area contributed by atoms with Crippen LogP contribution in [0.4, 0.5) is 0 Å². The molecular weight excluding hydrogens is 310 g/mol. The average molecular weight is 354 g/mol. The number of rotatable bonds is 17. The monoisotopic (exact) mass is 353 g/mol. The van der Waals surface area contributed by atoms with Crippen molar-refractivity contribution in [3.63, 3.8) is 0 Å². The molecule has 0 saturated carbocycles. The third kappa shape index (κ3) is 11.6. The van der Waals surface area contributed by atoms with Gasteiger partial charge in [-0.3, -0.25) is 4.79 Å². The Morgan fingerprint density at radius 3 is 1.64 bits per heavy atom. The van der Waals surface area contributed by atoms with E-state index in [-0.39, 0.29) is 5.91 Å². The van der Waals surface area contributed by atoms with Gasteiger partial charge in [-0.2, -0.15) is 0 Å². The van der Waals surface area contributed by atoms with E-state index in [4.69, 9.17) is 0 Å². The molecule has 1 saturated heterocycles. The van der Waals surface area contributed by atoms with Crippen LogP contribution in [-0.2, 0) is 4.79 Å². The molecule has 0 radical (unpaired) electrons. The van der Waals surface area contributed by atoms with E-state index in [0.717, 1.165) is 25.8 Å². The van der Waals surface area contributed by atoms with Gasteiger partial charge in [-0.25, -0.2) is 0 Å². The van der Waals surface area contributed by atoms with Gasteiger partial charge in [-0.1, -0.05) is 96.8 Å². The van der Waals surface area contributed by atoms with E-state index in [1.54, 1.807) is 4.90 Å². The molecule has 25 heavy (non-hydrogen) atoms. The fourth-order valence-corrected chi connectivity index (χ4v) is 3.84. The van der Waals surface area contributed by atoms with Gasteiger partial charge < -0.3 is 10.0 Å². The van der Waals surface area contributed by atoms with Gasteiger partial charge in [0.15, 0.2) is 0 Å². The predicted octanol–water partition coefficient (Wildman–Crippen LogP) is 6.19. The molecule has 0 aromatic carbocycles. The van der Waals surface area contributed by atoms with Crippen LogP contribution in [0.25, 0.3) is 0 Å². The highest BCUT2D eigenvalue weighted by Gasteiger charge is 2.25. The van der Waals surface area contributed by atoms with Crippen molar-refractivity contribution in [2.75, 3.05) is 6.54 Å². The van der Waals surface area contributed by atoms with E-state index >= 15 is 0 Å². The van der Waals surface area contributed by atoms with Gasteiger partial charge in [0.1, 0.15) is 6.23 Å². The van der Waals surface area contributed by atoms with Crippen LogP contribution in [0.15, 0.2) is 0 Å². The van der Waals surface area contributed by atoms with Crippen molar-refractivity contribution < 1.29 is 9.90 Å². The average Bonchev–Trinajstić information content (AvgIpc) is 3.04. The van der Waals surface area contributed by atoms with Crippen LogP contribution >= 0.6 is 0 Å². The highest BCUT2D eigenvalue weighted by atomic mass is 16.3. The molecule has 1 atom stereocenters. The minimum Gasteiger partial charge on any atom is -0.374 e. The quantitative estimate of drug-likeness (QED) is 0.317. The fourth-order valence-electron chi connectivity index (χ4n) is 3.84. The molecular formula is C22H43NO2. The summed E-state index contributed by atoms with van der Waals surface area (Å²) in [6.45, 7) is 3.03. The normalized spacial score (nSPS) is 15.9. The Kier molecular flexibility index (Phi) is 14.1. The first-order valence-corrected chi connectivity index (χ1v) is 11.2. The summed E-state index contributed by atoms with van der Waals surface area (Å²) in [4.78, 5) is 13.2. The van der Waals surface area contributed by atoms with Gasteiger partial charge in [0.05, 0.1) is 0 Å². The Hall–Kier alpha value is -0.570. The largest absolute Gasteiger partial charge is 0.374 e. The zero-order valence-corrected chi connectivity index (χ0v) is 16.8. The Morgan fingerprint density at radius 2 is 1.24 bits per heavy atom. The van der Waals surface area contributed by atoms with Gasteiger partial charge in [0.2, 0.25) is 5.91 Å². The van der Waals surface area contributed by atoms with Gasteiger partial charge in [-0.15, -0.1) is 0 Å². The van der Waals surface area contributed by atoms with Gasteiger partial charge in [0, 0.05) is 13.0 Å². The molecule has 0 aromatic rings. The van der Waals surface area contributed by atoms with Crippen LogP contribution in [-0.4, -0.2) is 28.7 Å². The van der Waals surface area contributed by atoms with E-state index in [2.05, 4.69) is 6.92 Å². The maximum atomic E-state index is 11.5. The standard InChI is InChI=1S/C22H43NO2/c1-2-3-4-5-6-7-8-9-10-11-12-13-14-15-16-18-21(24)23-20-17-19-22(23)25/h21,24H,2-20H2,1H3. The van der Waals surface area contributed by atoms with E-state index in [1.165, 1.54) is 89.9 Å². The second-order valence-corrected chi connectivity index (χ2v) is 7.91. The summed E-state index contributed by atoms with van der Waals surface area (Å²) in [5, 5.41) is 10.0. The Morgan fingerprint density at radius 1 is 0.800 bits per heavy atom. The molecule has 1 aliphatic heterocycles. The number of hydrogen-bond acceptors (Lipinski definition) is 2. The molecule has 1 heterocycles. The number of carbonyl (C=O) groups excluding carboxylic acids is 1. The number of amides is 1. The summed E-state index contributed by atoms with van der Waals surface area (Å²) < 4.78 is 0. The molecule has 0 aliphatic carbocycles. The van der Waals surface area contributed by atoms with Crippen molar-refractivity contribution in [3.8, 4) is 0 Å². The van der Waals surface area contributed by atoms with Crippen molar-refractivity contribution in [3.05, 3.63) is 0 Å². The highest BCUT2D eigenvalue weighted by molar-refractivity contribution is 5.78. The van der Waals surface area contributed by atoms with Crippen LogP contribution < -0.4 is 0 Å². The van der Waals surface area contributed by atoms with Crippen molar-refractivity contribution in [1.82, 2.24) is 4.90 Å². The number of hydrogen-bond donors (Lipinski definition) is 1. The lowest BCUT2D eigenvalue weighted by molar-refractivity contribution is -0.136. The summed E-state index contributed by atoms with van der Waals surface area (Å²) in [5.74, 6) is 0.133. The lowest BCUT2D eigenvalue weighted by Crippen LogP contribution is -2.35. The van der Waals surface area contributed by atoms with Crippen LogP contribution in [0.5, 0.6) is 0 Å². The Bertz CT molecular complexity index is 319. The minimum absolute atomic E-state index is 0.133. The molecule has 3 nitrogen and oxygen atoms in total. The molecule has 148 valence electrons. The summed E-state index contributed by atoms with van der Waals surface area (Å²) in [6.07, 6.45) is 22.1. The van der Waals surface area contributed by atoms with Crippen molar-refractivity contribution in [2.45, 2.75) is 129 Å². The molecule has 1 N–H and O–H groups in total. The number of aliphatic hydroxyl groups excluding tert-OH is 1. The maximum absolute atomic E-state index is 11.5. The first-order valence-electron chi connectivity index (χ1n) is 11.2. The first kappa shape index (κ1) is 22.5. The van der Waals surface area contributed by atoms with E-state index < -0.39 is 6.23 Å². The zero-order chi connectivity index (χ0) is 18.2. The SMILES string of the molecule is CCCCCCCCCCCCCCCCCC(O)N1CCCC1=O. The van der Waals surface area contributed by atoms with Crippen LogP contribution in [0, 0.1) is 0 Å². The molecule has 1 amide bonds. The van der Waals surface area contributed by atoms with Crippen molar-refractivity contribution in [1.29, 1.82) is 0 Å². The van der Waals surface area contributed by atoms with E-state index in [9.17, 15) is 9.90 Å². The third-order valence-electron chi connectivity index (χ3n) is 5.54. The van der Waals surface area contributed by atoms with Gasteiger partial charge in [0.25, 0.3) is 0 Å². The number of aliphatic hydroxyl groups is 1. The molecule has 1 fully saturated rings. The second-order valence-electron chi connectivity index (χ2n) is 7.91. The molecule has 1 rings (SSSR count). The lowest BCUT2D eigenvalue weighted by Gasteiger charge is -2.22. The molecule has 1 aliphatic rings. The predicted molar refractivity (Wildman–Crippen MR) is 106 cm³/mol. The topological polar surface area (TPSA) is 40.5 Å². The molecule has 1 unspecified atom stereocenters. The Balaban J connectivity index is 1.75. The Labute approximate surface area is 156 Å². The van der Waals surface area contributed by atoms with Crippen LogP contribution in [0.3, 0.4) is 0 Å². The van der Waals surface area contributed by atoms with E-state index in [1.807, 2.05) is 0 Å². The summed E-state index contributed by atoms with van der Waals surface area (Å²) in [6, 6.07) is 0. The van der Waals surface area contributed by atoms with E-state index in [0.29, 0.717) is 6.42 Å². The minimum atomic E-state index is -0.531. The van der Waals surface area contributed by atoms with Crippen LogP contribution in [0.2, 0.25) is 0 Å². The lowest BCUT2D eigenvalue weighted by atomic mass is 10.0.